The van der Waals surface area contributed by atoms with Crippen LogP contribution in [0.3, 0.4) is 0 Å². The van der Waals surface area contributed by atoms with Crippen molar-refractivity contribution in [3.05, 3.63) is 99.5 Å². The molecule has 3 aromatic rings. The quantitative estimate of drug-likeness (QED) is 0.588. The molecule has 0 spiro atoms. The number of fused-ring (bicyclic) bond motifs is 1. The van der Waals surface area contributed by atoms with E-state index in [0.29, 0.717) is 10.0 Å². The van der Waals surface area contributed by atoms with E-state index < -0.39 is 0 Å². The van der Waals surface area contributed by atoms with Gasteiger partial charge in [-0.3, -0.25) is 0 Å². The van der Waals surface area contributed by atoms with E-state index in [1.165, 1.54) is 0 Å². The van der Waals surface area contributed by atoms with E-state index in [0.717, 1.165) is 22.4 Å². The van der Waals surface area contributed by atoms with Crippen molar-refractivity contribution in [2.75, 3.05) is 5.32 Å². The molecule has 0 radical (unpaired) electrons. The van der Waals surface area contributed by atoms with E-state index in [4.69, 9.17) is 27.9 Å². The van der Waals surface area contributed by atoms with Gasteiger partial charge in [-0.15, -0.1) is 0 Å². The molecule has 1 aliphatic heterocycles. The first-order valence-electron chi connectivity index (χ1n) is 7.72. The Morgan fingerprint density at radius 2 is 1.46 bits per heavy atom. The lowest BCUT2D eigenvalue weighted by atomic mass is 9.97. The van der Waals surface area contributed by atoms with Crippen LogP contribution in [-0.2, 0) is 4.74 Å². The predicted octanol–water partition coefficient (Wildman–Crippen LogP) is 6.22. The molecule has 4 rings (SSSR count). The summed E-state index contributed by atoms with van der Waals surface area (Å²) >= 11 is 12.2. The summed E-state index contributed by atoms with van der Waals surface area (Å²) in [6, 6.07) is 23.7. The van der Waals surface area contributed by atoms with Crippen molar-refractivity contribution < 1.29 is 4.74 Å². The SMILES string of the molecule is Clc1ccc([C@@H]2Nc3ccc(Cl)cc3[C@@H](c3ccccc3)O2)cc1. The average Bonchev–Trinajstić information content (AvgIpc) is 2.62. The Labute approximate surface area is 151 Å². The molecule has 1 heterocycles. The fourth-order valence-electron chi connectivity index (χ4n) is 2.95. The highest BCUT2D eigenvalue weighted by Crippen LogP contribution is 2.42. The molecule has 0 aromatic heterocycles. The van der Waals surface area contributed by atoms with Gasteiger partial charge in [0.25, 0.3) is 0 Å². The van der Waals surface area contributed by atoms with Crippen molar-refractivity contribution in [1.29, 1.82) is 0 Å². The fourth-order valence-corrected chi connectivity index (χ4v) is 3.26. The zero-order valence-corrected chi connectivity index (χ0v) is 14.3. The minimum absolute atomic E-state index is 0.179. The van der Waals surface area contributed by atoms with Crippen molar-refractivity contribution in [3.63, 3.8) is 0 Å². The van der Waals surface area contributed by atoms with Crippen molar-refractivity contribution in [1.82, 2.24) is 0 Å². The molecule has 1 N–H and O–H groups in total. The molecule has 2 atom stereocenters. The molecule has 3 aromatic carbocycles. The van der Waals surface area contributed by atoms with Crippen LogP contribution in [0.25, 0.3) is 0 Å². The van der Waals surface area contributed by atoms with E-state index in [1.54, 1.807) is 0 Å². The Bertz CT molecular complexity index is 849. The highest BCUT2D eigenvalue weighted by molar-refractivity contribution is 6.31. The summed E-state index contributed by atoms with van der Waals surface area (Å²) < 4.78 is 6.37. The number of anilines is 1. The van der Waals surface area contributed by atoms with Gasteiger partial charge in [-0.2, -0.15) is 0 Å². The lowest BCUT2D eigenvalue weighted by molar-refractivity contribution is 0.0157. The molecule has 0 aliphatic carbocycles. The topological polar surface area (TPSA) is 21.3 Å². The average molecular weight is 356 g/mol. The van der Waals surface area contributed by atoms with E-state index >= 15 is 0 Å². The van der Waals surface area contributed by atoms with Crippen LogP contribution in [0.1, 0.15) is 29.0 Å². The first kappa shape index (κ1) is 15.5. The molecule has 0 saturated carbocycles. The van der Waals surface area contributed by atoms with Gasteiger partial charge in [0.05, 0.1) is 0 Å². The normalized spacial score (nSPS) is 19.4. The molecule has 120 valence electrons. The van der Waals surface area contributed by atoms with Gasteiger partial charge < -0.3 is 10.1 Å². The van der Waals surface area contributed by atoms with Gasteiger partial charge in [-0.25, -0.2) is 0 Å². The summed E-state index contributed by atoms with van der Waals surface area (Å²) in [5, 5.41) is 4.84. The van der Waals surface area contributed by atoms with E-state index in [2.05, 4.69) is 17.4 Å². The standard InChI is InChI=1S/C20H15Cl2NO/c21-15-8-6-14(7-9-15)20-23-18-11-10-16(22)12-17(18)19(24-20)13-4-2-1-3-5-13/h1-12,19-20,23H/t19-,20-/m1/s1. The molecule has 2 nitrogen and oxygen atoms in total. The first-order chi connectivity index (χ1) is 11.7. The third-order valence-electron chi connectivity index (χ3n) is 4.13. The van der Waals surface area contributed by atoms with Crippen LogP contribution < -0.4 is 5.32 Å². The maximum atomic E-state index is 6.37. The van der Waals surface area contributed by atoms with Crippen molar-refractivity contribution in [2.24, 2.45) is 0 Å². The minimum atomic E-state index is -0.249. The third kappa shape index (κ3) is 3.01. The van der Waals surface area contributed by atoms with Gasteiger partial charge in [-0.1, -0.05) is 65.7 Å². The number of hydrogen-bond acceptors (Lipinski definition) is 2. The van der Waals surface area contributed by atoms with Crippen LogP contribution in [0, 0.1) is 0 Å². The van der Waals surface area contributed by atoms with Gasteiger partial charge in [0.15, 0.2) is 6.23 Å². The molecule has 0 fully saturated rings. The molecular weight excluding hydrogens is 341 g/mol. The minimum Gasteiger partial charge on any atom is -0.356 e. The smallest absolute Gasteiger partial charge is 0.155 e. The Balaban J connectivity index is 1.77. The summed E-state index contributed by atoms with van der Waals surface area (Å²) in [6.45, 7) is 0. The second-order valence-electron chi connectivity index (χ2n) is 5.73. The number of rotatable bonds is 2. The van der Waals surface area contributed by atoms with Crippen LogP contribution in [-0.4, -0.2) is 0 Å². The number of halogens is 2. The number of nitrogens with one attached hydrogen (secondary N) is 1. The summed E-state index contributed by atoms with van der Waals surface area (Å²) in [6.07, 6.45) is -0.428. The molecule has 4 heteroatoms. The van der Waals surface area contributed by atoms with Crippen LogP contribution in [0.5, 0.6) is 0 Å². The molecular formula is C20H15Cl2NO. The van der Waals surface area contributed by atoms with E-state index in [1.807, 2.05) is 60.7 Å². The van der Waals surface area contributed by atoms with Gasteiger partial charge in [0.1, 0.15) is 6.10 Å². The third-order valence-corrected chi connectivity index (χ3v) is 4.62. The van der Waals surface area contributed by atoms with Crippen molar-refractivity contribution >= 4 is 28.9 Å². The van der Waals surface area contributed by atoms with Crippen LogP contribution >= 0.6 is 23.2 Å². The zero-order chi connectivity index (χ0) is 16.5. The lowest BCUT2D eigenvalue weighted by Gasteiger charge is -2.34. The Hall–Kier alpha value is -2.00. The van der Waals surface area contributed by atoms with Crippen molar-refractivity contribution in [2.45, 2.75) is 12.3 Å². The zero-order valence-electron chi connectivity index (χ0n) is 12.7. The Morgan fingerprint density at radius 1 is 0.750 bits per heavy atom. The number of benzene rings is 3. The van der Waals surface area contributed by atoms with Gasteiger partial charge >= 0.3 is 0 Å². The van der Waals surface area contributed by atoms with Gasteiger partial charge in [-0.05, 0) is 35.9 Å². The Morgan fingerprint density at radius 3 is 2.21 bits per heavy atom. The van der Waals surface area contributed by atoms with Gasteiger partial charge in [0, 0.05) is 26.9 Å². The fraction of sp³-hybridized carbons (Fsp3) is 0.100. The molecule has 0 unspecified atom stereocenters. The summed E-state index contributed by atoms with van der Waals surface area (Å²) in [5.74, 6) is 0. The summed E-state index contributed by atoms with van der Waals surface area (Å²) in [7, 11) is 0. The monoisotopic (exact) mass is 355 g/mol. The van der Waals surface area contributed by atoms with Crippen LogP contribution in [0.2, 0.25) is 10.0 Å². The molecule has 1 aliphatic rings. The molecule has 0 bridgehead atoms. The summed E-state index contributed by atoms with van der Waals surface area (Å²) in [5.41, 5.74) is 4.20. The summed E-state index contributed by atoms with van der Waals surface area (Å²) in [4.78, 5) is 0. The second kappa shape index (κ2) is 6.48. The van der Waals surface area contributed by atoms with E-state index in [-0.39, 0.29) is 12.3 Å². The maximum absolute atomic E-state index is 6.37. The molecule has 0 amide bonds. The predicted molar refractivity (Wildman–Crippen MR) is 98.6 cm³/mol. The lowest BCUT2D eigenvalue weighted by Crippen LogP contribution is -2.25. The molecule has 24 heavy (non-hydrogen) atoms. The van der Waals surface area contributed by atoms with Crippen LogP contribution in [0.4, 0.5) is 5.69 Å². The highest BCUT2D eigenvalue weighted by Gasteiger charge is 2.29. The maximum Gasteiger partial charge on any atom is 0.155 e. The number of ether oxygens (including phenoxy) is 1. The molecule has 0 saturated heterocycles. The first-order valence-corrected chi connectivity index (χ1v) is 8.48. The number of hydrogen-bond donors (Lipinski definition) is 1. The van der Waals surface area contributed by atoms with Gasteiger partial charge in [0.2, 0.25) is 0 Å². The highest BCUT2D eigenvalue weighted by atomic mass is 35.5. The Kier molecular flexibility index (Phi) is 4.19. The van der Waals surface area contributed by atoms with Crippen LogP contribution in [0.15, 0.2) is 72.8 Å². The largest absolute Gasteiger partial charge is 0.356 e. The second-order valence-corrected chi connectivity index (χ2v) is 6.61. The van der Waals surface area contributed by atoms with E-state index in [9.17, 15) is 0 Å². The van der Waals surface area contributed by atoms with Crippen molar-refractivity contribution in [3.8, 4) is 0 Å².